The Morgan fingerprint density at radius 2 is 2.06 bits per heavy atom. The monoisotopic (exact) mass is 284 g/mol. The number of ether oxygens (including phenoxy) is 1. The van der Waals surface area contributed by atoms with Crippen molar-refractivity contribution in [1.82, 2.24) is 0 Å². The molecule has 0 spiro atoms. The molecule has 88 valence electrons. The summed E-state index contributed by atoms with van der Waals surface area (Å²) in [6.45, 7) is 1.77. The van der Waals surface area contributed by atoms with E-state index in [2.05, 4.69) is 15.9 Å². The second-order valence-corrected chi connectivity index (χ2v) is 5.30. The number of rotatable bonds is 3. The molecule has 1 aliphatic carbocycles. The zero-order valence-electron chi connectivity index (χ0n) is 9.45. The van der Waals surface area contributed by atoms with Crippen LogP contribution in [0.3, 0.4) is 0 Å². The van der Waals surface area contributed by atoms with Crippen molar-refractivity contribution in [1.29, 1.82) is 0 Å². The molecule has 0 heterocycles. The summed E-state index contributed by atoms with van der Waals surface area (Å²) in [4.78, 5) is 0. The predicted molar refractivity (Wildman–Crippen MR) is 67.7 cm³/mol. The van der Waals surface area contributed by atoms with Crippen molar-refractivity contribution >= 4 is 15.9 Å². The van der Waals surface area contributed by atoms with E-state index >= 15 is 0 Å². The molecule has 0 saturated heterocycles. The van der Waals surface area contributed by atoms with Crippen molar-refractivity contribution in [3.63, 3.8) is 0 Å². The fraction of sp³-hybridized carbons (Fsp3) is 0.538. The minimum absolute atomic E-state index is 0.326. The highest BCUT2D eigenvalue weighted by Gasteiger charge is 2.19. The van der Waals surface area contributed by atoms with Crippen molar-refractivity contribution in [2.45, 2.75) is 44.8 Å². The van der Waals surface area contributed by atoms with Crippen LogP contribution in [0.5, 0.6) is 5.75 Å². The Balaban J connectivity index is 2.19. The second kappa shape index (κ2) is 5.19. The van der Waals surface area contributed by atoms with E-state index in [9.17, 15) is 5.11 Å². The molecule has 0 aromatic heterocycles. The molecule has 3 heteroatoms. The Kier molecular flexibility index (Phi) is 3.87. The molecule has 0 aliphatic heterocycles. The maximum absolute atomic E-state index is 9.67. The molecular formula is C13H17BrO2. The molecule has 1 N–H and O–H groups in total. The van der Waals surface area contributed by atoms with Crippen molar-refractivity contribution < 1.29 is 9.84 Å². The van der Waals surface area contributed by atoms with Crippen LogP contribution in [0.25, 0.3) is 0 Å². The minimum atomic E-state index is -0.482. The van der Waals surface area contributed by atoms with E-state index in [1.807, 2.05) is 18.2 Å². The Morgan fingerprint density at radius 3 is 2.69 bits per heavy atom. The number of hydrogen-bond donors (Lipinski definition) is 1. The fourth-order valence-corrected chi connectivity index (χ4v) is 2.48. The van der Waals surface area contributed by atoms with Gasteiger partial charge in [-0.25, -0.2) is 0 Å². The number of aliphatic hydroxyl groups excluding tert-OH is 1. The van der Waals surface area contributed by atoms with E-state index in [0.717, 1.165) is 28.6 Å². The highest BCUT2D eigenvalue weighted by molar-refractivity contribution is 9.10. The Bertz CT molecular complexity index is 357. The van der Waals surface area contributed by atoms with E-state index < -0.39 is 6.10 Å². The van der Waals surface area contributed by atoms with Gasteiger partial charge in [-0.05, 0) is 44.7 Å². The summed E-state index contributed by atoms with van der Waals surface area (Å²) in [5.41, 5.74) is 0.870. The summed E-state index contributed by atoms with van der Waals surface area (Å²) < 4.78 is 6.95. The van der Waals surface area contributed by atoms with Crippen LogP contribution in [0.2, 0.25) is 0 Å². The molecule has 0 radical (unpaired) electrons. The third-order valence-electron chi connectivity index (χ3n) is 3.02. The first kappa shape index (κ1) is 11.9. The minimum Gasteiger partial charge on any atom is -0.490 e. The SMILES string of the molecule is C[C@H](O)c1ccc(Br)cc1OC1CCCC1. The summed E-state index contributed by atoms with van der Waals surface area (Å²) in [6, 6.07) is 5.79. The van der Waals surface area contributed by atoms with Crippen molar-refractivity contribution in [3.05, 3.63) is 28.2 Å². The van der Waals surface area contributed by atoms with E-state index in [4.69, 9.17) is 4.74 Å². The average molecular weight is 285 g/mol. The van der Waals surface area contributed by atoms with E-state index in [1.54, 1.807) is 6.92 Å². The van der Waals surface area contributed by atoms with Gasteiger partial charge in [0.25, 0.3) is 0 Å². The molecule has 1 saturated carbocycles. The van der Waals surface area contributed by atoms with Gasteiger partial charge in [0.05, 0.1) is 12.2 Å². The van der Waals surface area contributed by atoms with Crippen LogP contribution in [-0.4, -0.2) is 11.2 Å². The molecule has 0 unspecified atom stereocenters. The van der Waals surface area contributed by atoms with E-state index in [1.165, 1.54) is 12.8 Å². The highest BCUT2D eigenvalue weighted by Crippen LogP contribution is 2.32. The van der Waals surface area contributed by atoms with Gasteiger partial charge in [-0.1, -0.05) is 22.0 Å². The molecule has 1 atom stereocenters. The quantitative estimate of drug-likeness (QED) is 0.914. The Labute approximate surface area is 105 Å². The first-order valence-corrected chi connectivity index (χ1v) is 6.60. The normalized spacial score (nSPS) is 18.7. The van der Waals surface area contributed by atoms with E-state index in [-0.39, 0.29) is 0 Å². The molecule has 2 rings (SSSR count). The van der Waals surface area contributed by atoms with Crippen molar-refractivity contribution in [3.8, 4) is 5.75 Å². The lowest BCUT2D eigenvalue weighted by molar-refractivity contribution is 0.174. The third kappa shape index (κ3) is 2.77. The average Bonchev–Trinajstić information content (AvgIpc) is 2.70. The third-order valence-corrected chi connectivity index (χ3v) is 3.51. The van der Waals surface area contributed by atoms with Crippen LogP contribution in [0.4, 0.5) is 0 Å². The fourth-order valence-electron chi connectivity index (χ4n) is 2.14. The first-order valence-electron chi connectivity index (χ1n) is 5.81. The lowest BCUT2D eigenvalue weighted by Crippen LogP contribution is -2.12. The van der Waals surface area contributed by atoms with Gasteiger partial charge in [0.2, 0.25) is 0 Å². The predicted octanol–water partition coefficient (Wildman–Crippen LogP) is 3.82. The van der Waals surface area contributed by atoms with Crippen LogP contribution in [-0.2, 0) is 0 Å². The Hall–Kier alpha value is -0.540. The van der Waals surface area contributed by atoms with Crippen LogP contribution in [0.1, 0.15) is 44.3 Å². The van der Waals surface area contributed by atoms with Gasteiger partial charge in [0.15, 0.2) is 0 Å². The van der Waals surface area contributed by atoms with Crippen LogP contribution >= 0.6 is 15.9 Å². The zero-order chi connectivity index (χ0) is 11.5. The van der Waals surface area contributed by atoms with Crippen molar-refractivity contribution in [2.75, 3.05) is 0 Å². The lowest BCUT2D eigenvalue weighted by Gasteiger charge is -2.18. The molecule has 0 amide bonds. The maximum Gasteiger partial charge on any atom is 0.126 e. The van der Waals surface area contributed by atoms with Crippen LogP contribution in [0, 0.1) is 0 Å². The topological polar surface area (TPSA) is 29.5 Å². The van der Waals surface area contributed by atoms with E-state index in [0.29, 0.717) is 6.10 Å². The molecule has 1 aromatic carbocycles. The largest absolute Gasteiger partial charge is 0.490 e. The molecule has 1 fully saturated rings. The van der Waals surface area contributed by atoms with Gasteiger partial charge in [-0.3, -0.25) is 0 Å². The zero-order valence-corrected chi connectivity index (χ0v) is 11.0. The summed E-state index contributed by atoms with van der Waals surface area (Å²) in [5.74, 6) is 0.816. The summed E-state index contributed by atoms with van der Waals surface area (Å²) >= 11 is 3.43. The molecule has 1 aromatic rings. The number of aliphatic hydroxyl groups is 1. The van der Waals surface area contributed by atoms with Gasteiger partial charge < -0.3 is 9.84 Å². The standard InChI is InChI=1S/C13H17BrO2/c1-9(15)12-7-6-10(14)8-13(12)16-11-4-2-3-5-11/h6-9,11,15H,2-5H2,1H3/t9-/m0/s1. The molecular weight excluding hydrogens is 268 g/mol. The summed E-state index contributed by atoms with van der Waals surface area (Å²) in [5, 5.41) is 9.67. The van der Waals surface area contributed by atoms with Gasteiger partial charge >= 0.3 is 0 Å². The maximum atomic E-state index is 9.67. The second-order valence-electron chi connectivity index (χ2n) is 4.38. The van der Waals surface area contributed by atoms with Crippen LogP contribution < -0.4 is 4.74 Å². The van der Waals surface area contributed by atoms with Crippen LogP contribution in [0.15, 0.2) is 22.7 Å². The number of halogens is 1. The summed E-state index contributed by atoms with van der Waals surface area (Å²) in [6.07, 6.45) is 4.61. The summed E-state index contributed by atoms with van der Waals surface area (Å²) in [7, 11) is 0. The van der Waals surface area contributed by atoms with Gasteiger partial charge in [0.1, 0.15) is 5.75 Å². The highest BCUT2D eigenvalue weighted by atomic mass is 79.9. The number of hydrogen-bond acceptors (Lipinski definition) is 2. The first-order chi connectivity index (χ1) is 7.66. The molecule has 2 nitrogen and oxygen atoms in total. The number of benzene rings is 1. The molecule has 0 bridgehead atoms. The smallest absolute Gasteiger partial charge is 0.126 e. The van der Waals surface area contributed by atoms with Crippen molar-refractivity contribution in [2.24, 2.45) is 0 Å². The van der Waals surface area contributed by atoms with Gasteiger partial charge in [-0.2, -0.15) is 0 Å². The van der Waals surface area contributed by atoms with Gasteiger partial charge in [-0.15, -0.1) is 0 Å². The Morgan fingerprint density at radius 1 is 1.38 bits per heavy atom. The van der Waals surface area contributed by atoms with Gasteiger partial charge in [0, 0.05) is 10.0 Å². The molecule has 1 aliphatic rings. The molecule has 16 heavy (non-hydrogen) atoms. The lowest BCUT2D eigenvalue weighted by atomic mass is 10.1.